The van der Waals surface area contributed by atoms with Gasteiger partial charge < -0.3 is 0 Å². The average Bonchev–Trinajstić information content (AvgIpc) is 2.18. The maximum absolute atomic E-state index is 11.4. The summed E-state index contributed by atoms with van der Waals surface area (Å²) < 4.78 is 0.904. The summed E-state index contributed by atoms with van der Waals surface area (Å²) in [6.45, 7) is 1.50. The van der Waals surface area contributed by atoms with Crippen molar-refractivity contribution in [3.63, 3.8) is 0 Å². The minimum atomic E-state index is -0.515. The van der Waals surface area contributed by atoms with Crippen LogP contribution < -0.4 is 11.0 Å². The Balaban J connectivity index is 3.20. The number of carbonyl (C=O) groups is 1. The van der Waals surface area contributed by atoms with Crippen LogP contribution in [0.4, 0.5) is 0 Å². The summed E-state index contributed by atoms with van der Waals surface area (Å²) >= 11 is 10.0. The maximum atomic E-state index is 11.4. The zero-order valence-corrected chi connectivity index (χ0v) is 8.78. The van der Waals surface area contributed by atoms with Crippen molar-refractivity contribution in [3.8, 4) is 0 Å². The molecule has 0 atom stereocenters. The number of carbonyl (C=O) groups excluding carboxylic acids is 1. The average molecular weight is 235 g/mol. The van der Waals surface area contributed by atoms with Gasteiger partial charge in [-0.15, -0.1) is 11.6 Å². The number of aromatic nitrogens is 3. The lowest BCUT2D eigenvalue weighted by Gasteiger charge is -2.05. The molecule has 0 radical (unpaired) electrons. The lowest BCUT2D eigenvalue weighted by atomic mass is 10.5. The molecule has 1 heterocycles. The van der Waals surface area contributed by atoms with E-state index < -0.39 is 11.5 Å². The van der Waals surface area contributed by atoms with Gasteiger partial charge in [-0.2, -0.15) is 9.77 Å². The van der Waals surface area contributed by atoms with E-state index in [1.807, 2.05) is 0 Å². The Morgan fingerprint density at radius 3 is 3.00 bits per heavy atom. The summed E-state index contributed by atoms with van der Waals surface area (Å²) in [5.74, 6) is -0.762. The van der Waals surface area contributed by atoms with Crippen LogP contribution in [0.3, 0.4) is 0 Å². The molecule has 0 spiro atoms. The highest BCUT2D eigenvalue weighted by molar-refractivity contribution is 7.71. The molecule has 0 saturated heterocycles. The normalized spacial score (nSPS) is 9.86. The fourth-order valence-electron chi connectivity index (χ4n) is 0.740. The number of alkyl halides is 1. The third kappa shape index (κ3) is 2.18. The number of hydrogen-bond acceptors (Lipinski definition) is 4. The molecule has 0 aliphatic rings. The molecule has 0 saturated carbocycles. The maximum Gasteiger partial charge on any atom is 0.294 e. The van der Waals surface area contributed by atoms with Gasteiger partial charge in [0.15, 0.2) is 0 Å². The molecule has 76 valence electrons. The quantitative estimate of drug-likeness (QED) is 0.554. The minimum absolute atomic E-state index is 0.0130. The van der Waals surface area contributed by atoms with Gasteiger partial charge in [0, 0.05) is 0 Å². The molecule has 0 aliphatic carbocycles. The fraction of sp³-hybridized carbons (Fsp3) is 0.333. The number of hydrogen-bond donors (Lipinski definition) is 2. The summed E-state index contributed by atoms with van der Waals surface area (Å²) in [7, 11) is 0. The predicted octanol–water partition coefficient (Wildman–Crippen LogP) is -0.0818. The Kier molecular flexibility index (Phi) is 3.37. The molecular formula is C6H7ClN4O2S. The van der Waals surface area contributed by atoms with Crippen LogP contribution in [-0.2, 0) is 4.79 Å². The van der Waals surface area contributed by atoms with Crippen LogP contribution in [0.2, 0.25) is 0 Å². The van der Waals surface area contributed by atoms with Gasteiger partial charge in [0.05, 0.1) is 0 Å². The number of rotatable bonds is 2. The van der Waals surface area contributed by atoms with Crippen LogP contribution in [0.15, 0.2) is 4.79 Å². The van der Waals surface area contributed by atoms with Crippen LogP contribution >= 0.6 is 23.8 Å². The molecule has 6 nitrogen and oxygen atoms in total. The SMILES string of the molecule is Cc1n[nH]c(=S)n(NC(=O)CCl)c1=O. The standard InChI is InChI=1S/C6H7ClN4O2S/c1-3-5(13)11(6(14)9-8-3)10-4(12)2-7/h2H2,1H3,(H,9,14)(H,10,12). The van der Waals surface area contributed by atoms with Crippen LogP contribution in [0.1, 0.15) is 5.69 Å². The zero-order valence-electron chi connectivity index (χ0n) is 7.20. The smallest absolute Gasteiger partial charge is 0.272 e. The largest absolute Gasteiger partial charge is 0.294 e. The molecule has 0 fully saturated rings. The first-order valence-corrected chi connectivity index (χ1v) is 4.54. The first-order chi connectivity index (χ1) is 6.56. The predicted molar refractivity (Wildman–Crippen MR) is 53.5 cm³/mol. The number of nitrogens with zero attached hydrogens (tertiary/aromatic N) is 2. The summed E-state index contributed by atoms with van der Waals surface area (Å²) in [5, 5.41) is 6.03. The number of H-pyrrole nitrogens is 1. The van der Waals surface area contributed by atoms with Crippen molar-refractivity contribution >= 4 is 29.7 Å². The first kappa shape index (κ1) is 10.9. The lowest BCUT2D eigenvalue weighted by Crippen LogP contribution is -2.36. The van der Waals surface area contributed by atoms with E-state index >= 15 is 0 Å². The molecule has 8 heteroatoms. The molecule has 0 bridgehead atoms. The molecule has 2 N–H and O–H groups in total. The van der Waals surface area contributed by atoms with Gasteiger partial charge in [0.1, 0.15) is 11.6 Å². The van der Waals surface area contributed by atoms with Crippen molar-refractivity contribution in [1.82, 2.24) is 14.9 Å². The molecule has 0 aromatic carbocycles. The summed E-state index contributed by atoms with van der Waals surface area (Å²) in [6.07, 6.45) is 0. The van der Waals surface area contributed by atoms with Gasteiger partial charge in [0.2, 0.25) is 4.77 Å². The molecule has 0 unspecified atom stereocenters. The number of halogens is 1. The topological polar surface area (TPSA) is 79.8 Å². The van der Waals surface area contributed by atoms with Crippen LogP contribution in [0, 0.1) is 11.7 Å². The highest BCUT2D eigenvalue weighted by Gasteiger charge is 2.05. The summed E-state index contributed by atoms with van der Waals surface area (Å²) in [5.41, 5.74) is 1.95. The van der Waals surface area contributed by atoms with Gasteiger partial charge in [-0.05, 0) is 19.1 Å². The van der Waals surface area contributed by atoms with Crippen molar-refractivity contribution in [3.05, 3.63) is 20.8 Å². The second kappa shape index (κ2) is 4.34. The molecular weight excluding hydrogens is 228 g/mol. The van der Waals surface area contributed by atoms with Crippen molar-refractivity contribution < 1.29 is 4.79 Å². The Morgan fingerprint density at radius 2 is 2.43 bits per heavy atom. The van der Waals surface area contributed by atoms with E-state index in [1.54, 1.807) is 0 Å². The second-order valence-electron chi connectivity index (χ2n) is 2.42. The van der Waals surface area contributed by atoms with Crippen molar-refractivity contribution in [2.24, 2.45) is 0 Å². The Labute approximate surface area is 88.9 Å². The van der Waals surface area contributed by atoms with Gasteiger partial charge in [-0.1, -0.05) is 0 Å². The summed E-state index contributed by atoms with van der Waals surface area (Å²) in [6, 6.07) is 0. The van der Waals surface area contributed by atoms with Gasteiger partial charge in [-0.3, -0.25) is 20.1 Å². The highest BCUT2D eigenvalue weighted by Crippen LogP contribution is 1.83. The van der Waals surface area contributed by atoms with Crippen molar-refractivity contribution in [1.29, 1.82) is 0 Å². The van der Waals surface area contributed by atoms with Gasteiger partial charge in [0.25, 0.3) is 11.5 Å². The highest BCUT2D eigenvalue weighted by atomic mass is 35.5. The molecule has 1 aromatic rings. The second-order valence-corrected chi connectivity index (χ2v) is 3.08. The zero-order chi connectivity index (χ0) is 10.7. The number of aryl methyl sites for hydroxylation is 1. The first-order valence-electron chi connectivity index (χ1n) is 3.60. The van der Waals surface area contributed by atoms with Gasteiger partial charge in [-0.25, -0.2) is 0 Å². The molecule has 1 aromatic heterocycles. The van der Waals surface area contributed by atoms with Crippen molar-refractivity contribution in [2.75, 3.05) is 11.3 Å². The van der Waals surface area contributed by atoms with E-state index in [4.69, 9.17) is 23.8 Å². The molecule has 1 rings (SSSR count). The van der Waals surface area contributed by atoms with Gasteiger partial charge >= 0.3 is 0 Å². The van der Waals surface area contributed by atoms with Crippen molar-refractivity contribution in [2.45, 2.75) is 6.92 Å². The van der Waals surface area contributed by atoms with E-state index in [-0.39, 0.29) is 16.3 Å². The van der Waals surface area contributed by atoms with E-state index in [0.29, 0.717) is 0 Å². The fourth-order valence-corrected chi connectivity index (χ4v) is 0.974. The third-order valence-corrected chi connectivity index (χ3v) is 1.91. The Hall–Kier alpha value is -1.21. The Morgan fingerprint density at radius 1 is 1.79 bits per heavy atom. The number of amides is 1. The van der Waals surface area contributed by atoms with E-state index in [0.717, 1.165) is 4.68 Å². The van der Waals surface area contributed by atoms with E-state index in [9.17, 15) is 9.59 Å². The lowest BCUT2D eigenvalue weighted by molar-refractivity contribution is -0.114. The Bertz CT molecular complexity index is 466. The molecule has 14 heavy (non-hydrogen) atoms. The molecule has 1 amide bonds. The number of aromatic amines is 1. The molecule has 0 aliphatic heterocycles. The number of nitrogens with one attached hydrogen (secondary N) is 2. The minimum Gasteiger partial charge on any atom is -0.272 e. The third-order valence-electron chi connectivity index (χ3n) is 1.39. The summed E-state index contributed by atoms with van der Waals surface area (Å²) in [4.78, 5) is 22.3. The van der Waals surface area contributed by atoms with Crippen LogP contribution in [0.5, 0.6) is 0 Å². The monoisotopic (exact) mass is 234 g/mol. The van der Waals surface area contributed by atoms with Crippen LogP contribution in [-0.4, -0.2) is 26.7 Å². The van der Waals surface area contributed by atoms with Crippen LogP contribution in [0.25, 0.3) is 0 Å². The van der Waals surface area contributed by atoms with E-state index in [2.05, 4.69) is 15.6 Å². The van der Waals surface area contributed by atoms with E-state index in [1.165, 1.54) is 6.92 Å².